The van der Waals surface area contributed by atoms with E-state index in [0.717, 1.165) is 37.5 Å². The Hall–Kier alpha value is -3.35. The quantitative estimate of drug-likeness (QED) is 0.537. The van der Waals surface area contributed by atoms with Crippen molar-refractivity contribution in [1.29, 1.82) is 0 Å². The third-order valence-corrected chi connectivity index (χ3v) is 4.66. The Morgan fingerprint density at radius 2 is 1.83 bits per heavy atom. The van der Waals surface area contributed by atoms with E-state index in [2.05, 4.69) is 62.8 Å². The summed E-state index contributed by atoms with van der Waals surface area (Å²) in [4.78, 5) is 6.79. The lowest BCUT2D eigenvalue weighted by Crippen LogP contribution is -2.21. The first-order chi connectivity index (χ1) is 14.2. The van der Waals surface area contributed by atoms with E-state index in [4.69, 9.17) is 4.74 Å². The number of anilines is 4. The van der Waals surface area contributed by atoms with Crippen molar-refractivity contribution >= 4 is 23.1 Å². The zero-order chi connectivity index (χ0) is 20.5. The van der Waals surface area contributed by atoms with Crippen LogP contribution in [-0.4, -0.2) is 41.9 Å². The minimum absolute atomic E-state index is 0.465. The van der Waals surface area contributed by atoms with Crippen LogP contribution in [-0.2, 0) is 6.42 Å². The van der Waals surface area contributed by atoms with Gasteiger partial charge in [0.15, 0.2) is 5.82 Å². The molecule has 0 bridgehead atoms. The molecule has 0 amide bonds. The summed E-state index contributed by atoms with van der Waals surface area (Å²) in [5.41, 5.74) is 3.33. The first-order valence-electron chi connectivity index (χ1n) is 9.90. The number of methoxy groups -OCH3 is 1. The molecule has 0 aliphatic heterocycles. The standard InChI is InChI=1S/C22H28N6O/c1-4-28(5-2)19-11-9-18(10-12-19)25-22-26-21(16-24-27-22)23-14-13-17-7-6-8-20(15-17)29-3/h6-12,15-16H,4-5,13-14H2,1-3H3,(H2,23,25,26,27). The average molecular weight is 393 g/mol. The summed E-state index contributed by atoms with van der Waals surface area (Å²) in [6.45, 7) is 7.02. The van der Waals surface area contributed by atoms with Crippen molar-refractivity contribution in [2.24, 2.45) is 0 Å². The van der Waals surface area contributed by atoms with E-state index >= 15 is 0 Å². The van der Waals surface area contributed by atoms with E-state index in [1.54, 1.807) is 13.3 Å². The summed E-state index contributed by atoms with van der Waals surface area (Å²) < 4.78 is 5.26. The number of hydrogen-bond donors (Lipinski definition) is 2. The van der Waals surface area contributed by atoms with Crippen molar-refractivity contribution in [3.63, 3.8) is 0 Å². The van der Waals surface area contributed by atoms with E-state index in [1.165, 1.54) is 11.3 Å². The first-order valence-corrected chi connectivity index (χ1v) is 9.90. The van der Waals surface area contributed by atoms with Gasteiger partial charge in [-0.2, -0.15) is 10.1 Å². The van der Waals surface area contributed by atoms with Gasteiger partial charge in [0.2, 0.25) is 5.95 Å². The molecule has 0 aliphatic carbocycles. The highest BCUT2D eigenvalue weighted by molar-refractivity contribution is 5.59. The fourth-order valence-corrected chi connectivity index (χ4v) is 3.08. The van der Waals surface area contributed by atoms with Crippen LogP contribution in [0, 0.1) is 0 Å². The Morgan fingerprint density at radius 3 is 2.55 bits per heavy atom. The SMILES string of the molecule is CCN(CC)c1ccc(Nc2nncc(NCCc3cccc(OC)c3)n2)cc1. The van der Waals surface area contributed by atoms with Crippen LogP contribution in [0.2, 0.25) is 0 Å². The number of rotatable bonds is 10. The maximum absolute atomic E-state index is 5.26. The highest BCUT2D eigenvalue weighted by atomic mass is 16.5. The van der Waals surface area contributed by atoms with Gasteiger partial charge in [-0.15, -0.1) is 5.10 Å². The van der Waals surface area contributed by atoms with Gasteiger partial charge in [-0.1, -0.05) is 12.1 Å². The summed E-state index contributed by atoms with van der Waals surface area (Å²) in [5.74, 6) is 2.02. The fraction of sp³-hybridized carbons (Fsp3) is 0.318. The molecular formula is C22H28N6O. The largest absolute Gasteiger partial charge is 0.497 e. The summed E-state index contributed by atoms with van der Waals surface area (Å²) in [6, 6.07) is 16.3. The van der Waals surface area contributed by atoms with Gasteiger partial charge in [-0.05, 0) is 62.2 Å². The Balaban J connectivity index is 1.56. The maximum atomic E-state index is 5.26. The van der Waals surface area contributed by atoms with Gasteiger partial charge in [0.25, 0.3) is 0 Å². The third-order valence-electron chi connectivity index (χ3n) is 4.66. The number of nitrogens with one attached hydrogen (secondary N) is 2. The summed E-state index contributed by atoms with van der Waals surface area (Å²) in [5, 5.41) is 14.6. The van der Waals surface area contributed by atoms with Crippen LogP contribution < -0.4 is 20.3 Å². The van der Waals surface area contributed by atoms with Gasteiger partial charge in [0.1, 0.15) is 5.75 Å². The Kier molecular flexibility index (Phi) is 7.22. The van der Waals surface area contributed by atoms with Gasteiger partial charge >= 0.3 is 0 Å². The van der Waals surface area contributed by atoms with Crippen LogP contribution in [0.4, 0.5) is 23.1 Å². The van der Waals surface area contributed by atoms with Crippen LogP contribution in [0.3, 0.4) is 0 Å². The molecule has 7 heteroatoms. The Labute approximate surface area is 172 Å². The van der Waals surface area contributed by atoms with Crippen molar-refractivity contribution in [3.8, 4) is 5.75 Å². The van der Waals surface area contributed by atoms with Crippen molar-refractivity contribution < 1.29 is 4.74 Å². The Morgan fingerprint density at radius 1 is 1.03 bits per heavy atom. The molecule has 0 radical (unpaired) electrons. The monoisotopic (exact) mass is 392 g/mol. The molecule has 0 saturated heterocycles. The zero-order valence-electron chi connectivity index (χ0n) is 17.2. The highest BCUT2D eigenvalue weighted by Gasteiger charge is 2.04. The van der Waals surface area contributed by atoms with E-state index in [9.17, 15) is 0 Å². The molecule has 7 nitrogen and oxygen atoms in total. The summed E-state index contributed by atoms with van der Waals surface area (Å²) in [7, 11) is 1.68. The molecule has 1 aromatic heterocycles. The lowest BCUT2D eigenvalue weighted by molar-refractivity contribution is 0.414. The van der Waals surface area contributed by atoms with Crippen molar-refractivity contribution in [2.75, 3.05) is 42.3 Å². The van der Waals surface area contributed by atoms with E-state index in [-0.39, 0.29) is 0 Å². The predicted octanol–water partition coefficient (Wildman–Crippen LogP) is 4.12. The average Bonchev–Trinajstić information content (AvgIpc) is 2.76. The van der Waals surface area contributed by atoms with Gasteiger partial charge < -0.3 is 20.3 Å². The van der Waals surface area contributed by atoms with Crippen molar-refractivity contribution in [3.05, 3.63) is 60.3 Å². The van der Waals surface area contributed by atoms with Crippen LogP contribution in [0.25, 0.3) is 0 Å². The summed E-state index contributed by atoms with van der Waals surface area (Å²) in [6.07, 6.45) is 2.48. The normalized spacial score (nSPS) is 10.4. The second-order valence-electron chi connectivity index (χ2n) is 6.54. The second-order valence-corrected chi connectivity index (χ2v) is 6.54. The number of benzene rings is 2. The van der Waals surface area contributed by atoms with E-state index in [1.807, 2.05) is 30.3 Å². The molecule has 152 valence electrons. The molecule has 0 fully saturated rings. The van der Waals surface area contributed by atoms with E-state index in [0.29, 0.717) is 11.8 Å². The Bertz CT molecular complexity index is 896. The molecular weight excluding hydrogens is 364 g/mol. The lowest BCUT2D eigenvalue weighted by Gasteiger charge is -2.21. The second kappa shape index (κ2) is 10.3. The van der Waals surface area contributed by atoms with Crippen LogP contribution >= 0.6 is 0 Å². The van der Waals surface area contributed by atoms with Gasteiger partial charge in [-0.3, -0.25) is 0 Å². The van der Waals surface area contributed by atoms with Gasteiger partial charge in [0, 0.05) is 31.0 Å². The molecule has 29 heavy (non-hydrogen) atoms. The molecule has 0 saturated carbocycles. The van der Waals surface area contributed by atoms with Crippen LogP contribution in [0.5, 0.6) is 5.75 Å². The van der Waals surface area contributed by atoms with Gasteiger partial charge in [0.05, 0.1) is 13.3 Å². The molecule has 1 heterocycles. The fourth-order valence-electron chi connectivity index (χ4n) is 3.08. The van der Waals surface area contributed by atoms with Crippen molar-refractivity contribution in [1.82, 2.24) is 15.2 Å². The molecule has 0 aliphatic rings. The molecule has 0 unspecified atom stereocenters. The number of nitrogens with zero attached hydrogens (tertiary/aromatic N) is 4. The topological polar surface area (TPSA) is 75.2 Å². The van der Waals surface area contributed by atoms with Crippen LogP contribution in [0.1, 0.15) is 19.4 Å². The van der Waals surface area contributed by atoms with Crippen LogP contribution in [0.15, 0.2) is 54.7 Å². The molecule has 0 spiro atoms. The molecule has 2 aromatic carbocycles. The zero-order valence-corrected chi connectivity index (χ0v) is 17.2. The summed E-state index contributed by atoms with van der Waals surface area (Å²) >= 11 is 0. The number of aromatic nitrogens is 3. The maximum Gasteiger partial charge on any atom is 0.249 e. The molecule has 3 rings (SSSR count). The minimum Gasteiger partial charge on any atom is -0.497 e. The smallest absolute Gasteiger partial charge is 0.249 e. The van der Waals surface area contributed by atoms with Crippen molar-refractivity contribution in [2.45, 2.75) is 20.3 Å². The molecule has 0 atom stereocenters. The third kappa shape index (κ3) is 5.81. The molecule has 2 N–H and O–H groups in total. The predicted molar refractivity (Wildman–Crippen MR) is 118 cm³/mol. The first kappa shape index (κ1) is 20.4. The minimum atomic E-state index is 0.465. The highest BCUT2D eigenvalue weighted by Crippen LogP contribution is 2.20. The lowest BCUT2D eigenvalue weighted by atomic mass is 10.1. The number of hydrogen-bond acceptors (Lipinski definition) is 7. The van der Waals surface area contributed by atoms with E-state index < -0.39 is 0 Å². The molecule has 3 aromatic rings. The number of ether oxygens (including phenoxy) is 1. The van der Waals surface area contributed by atoms with Gasteiger partial charge in [-0.25, -0.2) is 0 Å².